The van der Waals surface area contributed by atoms with Crippen LogP contribution in [0.5, 0.6) is 0 Å². The van der Waals surface area contributed by atoms with E-state index in [1.807, 2.05) is 69.5 Å². The molecule has 2 aliphatic carbocycles. The van der Waals surface area contributed by atoms with Crippen molar-refractivity contribution in [2.45, 2.75) is 158 Å². The zero-order valence-electron chi connectivity index (χ0n) is 73.3. The number of nitrogens with zero attached hydrogens (tertiary/aromatic N) is 15. The predicted molar refractivity (Wildman–Crippen MR) is 499 cm³/mol. The van der Waals surface area contributed by atoms with Crippen molar-refractivity contribution in [2.24, 2.45) is 83.2 Å². The number of nitriles is 4. The number of thiophene rings is 4. The summed E-state index contributed by atoms with van der Waals surface area (Å²) >= 11 is 10.4. The van der Waals surface area contributed by atoms with Crippen LogP contribution in [0.3, 0.4) is 0 Å². The van der Waals surface area contributed by atoms with Crippen LogP contribution in [-0.4, -0.2) is 160 Å². The third-order valence-electron chi connectivity index (χ3n) is 25.7. The van der Waals surface area contributed by atoms with Gasteiger partial charge < -0.3 is 28.7 Å². The van der Waals surface area contributed by atoms with Crippen molar-refractivity contribution in [2.75, 3.05) is 59.8 Å². The molecular weight excluding hydrogens is 1790 g/mol. The van der Waals surface area contributed by atoms with Crippen LogP contribution in [0.1, 0.15) is 171 Å². The number of hydrogen-bond acceptors (Lipinski definition) is 25. The van der Waals surface area contributed by atoms with E-state index >= 15 is 0 Å². The minimum Gasteiger partial charge on any atom is -0.369 e. The molecule has 17 rings (SSSR count). The Hall–Kier alpha value is -11.2. The summed E-state index contributed by atoms with van der Waals surface area (Å²) in [6.45, 7) is 18.3. The number of carbonyl (C=O) groups excluding carboxylic acids is 5. The van der Waals surface area contributed by atoms with Crippen LogP contribution in [0.4, 0.5) is 17.6 Å². The Morgan fingerprint density at radius 1 is 0.516 bits per heavy atom. The van der Waals surface area contributed by atoms with Gasteiger partial charge in [-0.3, -0.25) is 53.4 Å². The lowest BCUT2D eigenvalue weighted by atomic mass is 9.76. The first-order chi connectivity index (χ1) is 60.4. The van der Waals surface area contributed by atoms with E-state index in [9.17, 15) is 46.8 Å². The van der Waals surface area contributed by atoms with E-state index in [0.29, 0.717) is 49.6 Å². The number of carbonyl (C=O) groups is 5. The molecule has 9 aliphatic rings. The van der Waals surface area contributed by atoms with Gasteiger partial charge in [-0.2, -0.15) is 41.6 Å². The number of aliphatic imine (C=N–C) groups is 5. The Bertz CT molecular complexity index is 5890. The first-order valence-corrected chi connectivity index (χ1v) is 47.1. The number of halogens is 5. The maximum atomic E-state index is 14.8. The van der Waals surface area contributed by atoms with Crippen LogP contribution in [-0.2, 0) is 51.5 Å². The summed E-state index contributed by atoms with van der Waals surface area (Å²) in [5.74, 6) is 1.49. The number of guanidine groups is 5. The fraction of sp³-hybridized carbons (Fsp3) is 0.419. The third kappa shape index (κ3) is 18.9. The molecule has 668 valence electrons. The second kappa shape index (κ2) is 37.1. The van der Waals surface area contributed by atoms with E-state index in [-0.39, 0.29) is 105 Å². The second-order valence-electron chi connectivity index (χ2n) is 35.6. The van der Waals surface area contributed by atoms with Gasteiger partial charge in [-0.1, -0.05) is 69.3 Å². The van der Waals surface area contributed by atoms with Gasteiger partial charge in [-0.15, -0.1) is 45.3 Å². The molecule has 2 unspecified atom stereocenters. The highest BCUT2D eigenvalue weighted by molar-refractivity contribution is 9.10. The molecule has 128 heavy (non-hydrogen) atoms. The van der Waals surface area contributed by atoms with Crippen LogP contribution in [0.15, 0.2) is 144 Å². The number of rotatable bonds is 12. The van der Waals surface area contributed by atoms with Gasteiger partial charge in [0.1, 0.15) is 56.9 Å². The van der Waals surface area contributed by atoms with E-state index in [0.717, 1.165) is 110 Å². The van der Waals surface area contributed by atoms with Crippen molar-refractivity contribution in [3.63, 3.8) is 0 Å². The largest absolute Gasteiger partial charge is 0.369 e. The molecule has 0 radical (unpaired) electrons. The topological polar surface area (TPSA) is 392 Å². The van der Waals surface area contributed by atoms with Crippen LogP contribution in [0.25, 0.3) is 33.4 Å². The summed E-state index contributed by atoms with van der Waals surface area (Å²) < 4.78 is 57.8. The molecule has 10 N–H and O–H groups in total. The zero-order valence-corrected chi connectivity index (χ0v) is 78.9. The smallest absolute Gasteiger partial charge is 0.239 e. The van der Waals surface area contributed by atoms with Crippen molar-refractivity contribution < 1.29 is 41.5 Å². The average molecular weight is 1900 g/mol. The molecule has 2 saturated heterocycles. The third-order valence-corrected chi connectivity index (χ3v) is 32.7. The van der Waals surface area contributed by atoms with Crippen molar-refractivity contribution in [3.8, 4) is 57.7 Å². The lowest BCUT2D eigenvalue weighted by Gasteiger charge is -2.45. The van der Waals surface area contributed by atoms with E-state index < -0.39 is 61.8 Å². The molecule has 11 heterocycles. The summed E-state index contributed by atoms with van der Waals surface area (Å²) in [6, 6.07) is 38.9. The predicted octanol–water partition coefficient (Wildman–Crippen LogP) is 15.5. The lowest BCUT2D eigenvalue weighted by molar-refractivity contribution is -0.135. The molecule has 0 spiro atoms. The highest BCUT2D eigenvalue weighted by Gasteiger charge is 2.57. The Morgan fingerprint density at radius 2 is 1.02 bits per heavy atom. The minimum atomic E-state index is -0.962. The summed E-state index contributed by atoms with van der Waals surface area (Å²) in [5, 5.41) is 37.4. The maximum Gasteiger partial charge on any atom is 0.239 e. The van der Waals surface area contributed by atoms with Gasteiger partial charge in [-0.05, 0) is 219 Å². The Morgan fingerprint density at radius 3 is 1.48 bits per heavy atom. The number of nitrogens with two attached hydrogens (primary N) is 5. The van der Waals surface area contributed by atoms with Gasteiger partial charge in [0.2, 0.25) is 29.5 Å². The van der Waals surface area contributed by atoms with E-state index in [1.54, 1.807) is 71.6 Å². The SMILES string of the molecule is CN1C(=O)C[C@@](C)(C2CCCN(C3CCSC3)C2)N=C1N.CN1C(=O)C[C@@](C)(c2scc(-c3cccc(C#N)c3)c2Br)N=C1N.CN1C(=O)[C@@H](C2CC2)[C@@](C)(c2cc(-c3ccc(F)c(C#N)c3)c(F)s2)N=C1N.CN1C(=O)[C@H](C2CC2)[C@@](C)(c2cc(-c3ccc(F)c(C#N)c3)c(F)s2)N=C1N.CN1C(=O)[C@H](c2ccc(C(C)(C)C)cc2)[C@@](C)(c2ccc(C#N)s2)N=C1N. The van der Waals surface area contributed by atoms with Gasteiger partial charge in [-0.25, -0.2) is 33.7 Å². The molecular formula is C93H101BrF4N20O5S5. The fourth-order valence-electron chi connectivity index (χ4n) is 17.6. The van der Waals surface area contributed by atoms with Gasteiger partial charge in [0, 0.05) is 99.6 Å². The highest BCUT2D eigenvalue weighted by Crippen LogP contribution is 2.56. The second-order valence-corrected chi connectivity index (χ2v) is 41.5. The van der Waals surface area contributed by atoms with E-state index in [2.05, 4.69) is 99.5 Å². The van der Waals surface area contributed by atoms with E-state index in [1.165, 1.54) is 108 Å². The maximum absolute atomic E-state index is 14.8. The summed E-state index contributed by atoms with van der Waals surface area (Å²) in [7, 11) is 8.18. The monoisotopic (exact) mass is 1890 g/mol. The number of piperidine rings is 1. The van der Waals surface area contributed by atoms with Crippen molar-refractivity contribution in [3.05, 3.63) is 193 Å². The fourth-order valence-corrected chi connectivity index (χ4v) is 24.2. The van der Waals surface area contributed by atoms with Crippen molar-refractivity contribution >= 4 is 132 Å². The number of thioether (sulfide) groups is 1. The van der Waals surface area contributed by atoms with Gasteiger partial charge in [0.05, 0.1) is 58.9 Å². The van der Waals surface area contributed by atoms with Gasteiger partial charge >= 0.3 is 0 Å². The lowest BCUT2D eigenvalue weighted by Crippen LogP contribution is -2.55. The van der Waals surface area contributed by atoms with Gasteiger partial charge in [0.25, 0.3) is 0 Å². The standard InChI is InChI=1S/C21H24N4OS.2C20H18F2N4OS.C17H15BrN4OS.C15H26N4OS/c1-20(2,3)14-8-6-13(7-9-14)17-18(26)25(5)19(23)24-21(17,4)16-11-10-15(12-22)27-16;2*1-20(16(10-3-4-10)18(27)26(2)19(24)25-20)15-8-13(17(22)28-15)11-5-6-14(21)12(7-11)9-23;1-17(7-13(23)22(2)16(20)21-17)15-14(18)12(9-24-15)11-5-3-4-10(6-11)8-19;1-15(8-13(20)18(2)14(16)17-15)11-4-3-6-19(9-11)12-5-7-21-10-12/h6-11,17H,1-5H3,(H2,23,24);2*5-8,10,16H,3-4H2,1-2H3,(H2,24,25);3-6,9H,7H2,1-2H3,(H2,20,21);11-12H,3-10H2,1-2H3,(H2,16,17)/t17-,21+;16-,20+;16-,20-;17-;11?,12?,15-/m00100/s1. The molecule has 5 amide bonds. The number of likely N-dealkylation sites (tertiary alicyclic amines) is 1. The quantitative estimate of drug-likeness (QED) is 0.0709. The van der Waals surface area contributed by atoms with Crippen LogP contribution < -0.4 is 28.7 Å². The first kappa shape index (κ1) is 94.5. The summed E-state index contributed by atoms with van der Waals surface area (Å²) in [4.78, 5) is 99.6. The molecule has 0 bridgehead atoms. The zero-order chi connectivity index (χ0) is 92.9. The summed E-state index contributed by atoms with van der Waals surface area (Å²) in [5.41, 5.74) is 31.7. The molecule has 8 aromatic rings. The van der Waals surface area contributed by atoms with Crippen molar-refractivity contribution in [1.29, 1.82) is 21.0 Å². The molecule has 4 aromatic carbocycles. The Balaban J connectivity index is 0.000000137. The molecule has 4 fully saturated rings. The number of likely N-dealkylation sites (N-methyl/N-ethyl adjacent to an activating group) is 1. The molecule has 10 atom stereocenters. The number of amides is 5. The van der Waals surface area contributed by atoms with Crippen LogP contribution in [0, 0.1) is 96.8 Å². The normalized spacial score (nSPS) is 26.0. The van der Waals surface area contributed by atoms with Crippen molar-refractivity contribution in [1.82, 2.24) is 29.4 Å². The molecule has 4 aromatic heterocycles. The first-order valence-electron chi connectivity index (χ1n) is 41.8. The number of benzene rings is 4. The van der Waals surface area contributed by atoms with E-state index in [4.69, 9.17) is 54.4 Å². The Kier molecular flexibility index (Phi) is 27.4. The molecule has 35 heteroatoms. The van der Waals surface area contributed by atoms with Crippen LogP contribution in [0.2, 0.25) is 0 Å². The average Bonchev–Trinajstić information content (AvgIpc) is 1.52. The van der Waals surface area contributed by atoms with Crippen LogP contribution >= 0.6 is 73.0 Å². The summed E-state index contributed by atoms with van der Waals surface area (Å²) in [6.07, 6.45) is 8.14. The molecule has 7 aliphatic heterocycles. The highest BCUT2D eigenvalue weighted by atomic mass is 79.9. The van der Waals surface area contributed by atoms with Gasteiger partial charge in [0.15, 0.2) is 40.1 Å². The molecule has 25 nitrogen and oxygen atoms in total. The Labute approximate surface area is 770 Å². The minimum absolute atomic E-state index is 0.0349. The number of hydrogen-bond donors (Lipinski definition) is 5. The molecule has 2 saturated carbocycles.